The zero-order valence-corrected chi connectivity index (χ0v) is 22.1. The number of halogens is 1. The first kappa shape index (κ1) is 26.2. The monoisotopic (exact) mass is 527 g/mol. The lowest BCUT2D eigenvalue weighted by molar-refractivity contribution is 0.0376. The van der Waals surface area contributed by atoms with E-state index in [1.54, 1.807) is 19.1 Å². The molecule has 0 bridgehead atoms. The van der Waals surface area contributed by atoms with Crippen LogP contribution in [0.4, 0.5) is 5.13 Å². The van der Waals surface area contributed by atoms with E-state index in [0.717, 1.165) is 66.0 Å². The quantitative estimate of drug-likeness (QED) is 0.311. The SMILES string of the molecule is COc1ccc2sc(N(CCCN3CCOCC3)C(=O)c3cc4ccccc4cc3OC)nc2c1.Cl. The third kappa shape index (κ3) is 5.57. The van der Waals surface area contributed by atoms with Crippen molar-refractivity contribution in [2.75, 3.05) is 58.5 Å². The zero-order chi connectivity index (χ0) is 24.2. The molecule has 5 rings (SSSR count). The fraction of sp³-hybridized carbons (Fsp3) is 0.333. The van der Waals surface area contributed by atoms with E-state index in [4.69, 9.17) is 19.2 Å². The standard InChI is InChI=1S/C27H29N3O4S.ClH/c1-32-21-8-9-25-23(18-21)28-27(35-25)30(11-5-10-29-12-14-34-15-13-29)26(31)22-16-19-6-3-4-7-20(19)17-24(22)33-2;/h3-4,6-9,16-18H,5,10-15H2,1-2H3;1H. The molecule has 0 N–H and O–H groups in total. The molecule has 0 aliphatic carbocycles. The second-order valence-electron chi connectivity index (χ2n) is 8.49. The van der Waals surface area contributed by atoms with Crippen LogP contribution in [0.3, 0.4) is 0 Å². The summed E-state index contributed by atoms with van der Waals surface area (Å²) in [5.74, 6) is 1.20. The number of carbonyl (C=O) groups excluding carboxylic acids is 1. The Morgan fingerprint density at radius 1 is 1.06 bits per heavy atom. The average molecular weight is 528 g/mol. The number of fused-ring (bicyclic) bond motifs is 2. The molecule has 1 saturated heterocycles. The Morgan fingerprint density at radius 2 is 1.81 bits per heavy atom. The summed E-state index contributed by atoms with van der Waals surface area (Å²) < 4.78 is 17.5. The van der Waals surface area contributed by atoms with Crippen LogP contribution in [0.15, 0.2) is 54.6 Å². The van der Waals surface area contributed by atoms with Crippen LogP contribution >= 0.6 is 23.7 Å². The van der Waals surface area contributed by atoms with Crippen LogP contribution in [0, 0.1) is 0 Å². The van der Waals surface area contributed by atoms with Crippen molar-refractivity contribution < 1.29 is 19.0 Å². The van der Waals surface area contributed by atoms with Crippen LogP contribution in [0.5, 0.6) is 11.5 Å². The Balaban J connectivity index is 0.00000304. The molecule has 1 aliphatic rings. The van der Waals surface area contributed by atoms with Crippen molar-refractivity contribution in [3.63, 3.8) is 0 Å². The summed E-state index contributed by atoms with van der Waals surface area (Å²) >= 11 is 1.51. The van der Waals surface area contributed by atoms with Crippen LogP contribution in [0.1, 0.15) is 16.8 Å². The molecule has 2 heterocycles. The summed E-state index contributed by atoms with van der Waals surface area (Å²) in [6.45, 7) is 4.83. The van der Waals surface area contributed by atoms with Gasteiger partial charge in [0.15, 0.2) is 5.13 Å². The van der Waals surface area contributed by atoms with Crippen LogP contribution in [0.25, 0.3) is 21.0 Å². The van der Waals surface area contributed by atoms with Gasteiger partial charge in [0.25, 0.3) is 5.91 Å². The van der Waals surface area contributed by atoms with E-state index in [9.17, 15) is 4.79 Å². The lowest BCUT2D eigenvalue weighted by Gasteiger charge is -2.28. The van der Waals surface area contributed by atoms with Gasteiger partial charge in [0.1, 0.15) is 11.5 Å². The van der Waals surface area contributed by atoms with Crippen LogP contribution in [0.2, 0.25) is 0 Å². The molecule has 0 spiro atoms. The van der Waals surface area contributed by atoms with E-state index < -0.39 is 0 Å². The first-order valence-corrected chi connectivity index (χ1v) is 12.6. The Kier molecular flexibility index (Phi) is 8.64. The van der Waals surface area contributed by atoms with Crippen LogP contribution in [-0.2, 0) is 4.74 Å². The Morgan fingerprint density at radius 3 is 2.53 bits per heavy atom. The average Bonchev–Trinajstić information content (AvgIpc) is 3.33. The number of carbonyl (C=O) groups is 1. The maximum atomic E-state index is 14.0. The summed E-state index contributed by atoms with van der Waals surface area (Å²) in [5, 5.41) is 2.71. The molecule has 3 aromatic carbocycles. The number of hydrogen-bond donors (Lipinski definition) is 0. The summed E-state index contributed by atoms with van der Waals surface area (Å²) in [4.78, 5) is 23.0. The van der Waals surface area contributed by atoms with Crippen molar-refractivity contribution in [3.8, 4) is 11.5 Å². The molecule has 1 aliphatic heterocycles. The first-order valence-electron chi connectivity index (χ1n) is 11.8. The van der Waals surface area contributed by atoms with E-state index in [0.29, 0.717) is 23.0 Å². The van der Waals surface area contributed by atoms with Gasteiger partial charge >= 0.3 is 0 Å². The fourth-order valence-electron chi connectivity index (χ4n) is 4.40. The maximum absolute atomic E-state index is 14.0. The zero-order valence-electron chi connectivity index (χ0n) is 20.4. The third-order valence-electron chi connectivity index (χ3n) is 6.32. The highest BCUT2D eigenvalue weighted by Crippen LogP contribution is 2.34. The Labute approximate surface area is 221 Å². The number of benzene rings is 3. The number of methoxy groups -OCH3 is 2. The van der Waals surface area contributed by atoms with Crippen molar-refractivity contribution in [3.05, 3.63) is 60.2 Å². The molecular formula is C27H30ClN3O4S. The normalized spacial score (nSPS) is 13.9. The second kappa shape index (κ2) is 11.9. The molecule has 0 unspecified atom stereocenters. The lowest BCUT2D eigenvalue weighted by Crippen LogP contribution is -2.39. The predicted molar refractivity (Wildman–Crippen MR) is 147 cm³/mol. The van der Waals surface area contributed by atoms with E-state index in [1.807, 2.05) is 54.6 Å². The predicted octanol–water partition coefficient (Wildman–Crippen LogP) is 5.26. The minimum atomic E-state index is -0.111. The molecule has 190 valence electrons. The highest BCUT2D eigenvalue weighted by Gasteiger charge is 2.25. The summed E-state index contributed by atoms with van der Waals surface area (Å²) in [7, 11) is 3.25. The highest BCUT2D eigenvalue weighted by molar-refractivity contribution is 7.22. The number of aromatic nitrogens is 1. The topological polar surface area (TPSA) is 64.1 Å². The molecule has 7 nitrogen and oxygen atoms in total. The minimum absolute atomic E-state index is 0. The number of ether oxygens (including phenoxy) is 3. The first-order chi connectivity index (χ1) is 17.2. The summed E-state index contributed by atoms with van der Waals surface area (Å²) in [6.07, 6.45) is 0.834. The molecule has 0 radical (unpaired) electrons. The van der Waals surface area contributed by atoms with Crippen molar-refractivity contribution in [2.24, 2.45) is 0 Å². The van der Waals surface area contributed by atoms with Crippen molar-refractivity contribution >= 4 is 55.8 Å². The highest BCUT2D eigenvalue weighted by atomic mass is 35.5. The summed E-state index contributed by atoms with van der Waals surface area (Å²) in [5.41, 5.74) is 1.36. The van der Waals surface area contributed by atoms with Gasteiger partial charge in [0, 0.05) is 32.2 Å². The number of anilines is 1. The van der Waals surface area contributed by atoms with Gasteiger partial charge in [-0.3, -0.25) is 14.6 Å². The van der Waals surface area contributed by atoms with Gasteiger partial charge in [0.05, 0.1) is 43.2 Å². The van der Waals surface area contributed by atoms with Crippen molar-refractivity contribution in [1.29, 1.82) is 0 Å². The largest absolute Gasteiger partial charge is 0.497 e. The maximum Gasteiger partial charge on any atom is 0.263 e. The molecule has 1 fully saturated rings. The molecule has 0 saturated carbocycles. The molecular weight excluding hydrogens is 498 g/mol. The third-order valence-corrected chi connectivity index (χ3v) is 7.38. The van der Waals surface area contributed by atoms with E-state index in [1.165, 1.54) is 11.3 Å². The second-order valence-corrected chi connectivity index (χ2v) is 9.50. The number of amides is 1. The molecule has 0 atom stereocenters. The van der Waals surface area contributed by atoms with E-state index in [2.05, 4.69) is 4.90 Å². The lowest BCUT2D eigenvalue weighted by atomic mass is 10.0. The van der Waals surface area contributed by atoms with Gasteiger partial charge in [0.2, 0.25) is 0 Å². The minimum Gasteiger partial charge on any atom is -0.497 e. The van der Waals surface area contributed by atoms with Gasteiger partial charge in [-0.15, -0.1) is 12.4 Å². The van der Waals surface area contributed by atoms with Gasteiger partial charge in [-0.25, -0.2) is 4.98 Å². The smallest absolute Gasteiger partial charge is 0.263 e. The van der Waals surface area contributed by atoms with Crippen LogP contribution < -0.4 is 14.4 Å². The van der Waals surface area contributed by atoms with Gasteiger partial charge in [-0.2, -0.15) is 0 Å². The van der Waals surface area contributed by atoms with Gasteiger partial charge in [-0.1, -0.05) is 35.6 Å². The molecule has 36 heavy (non-hydrogen) atoms. The number of rotatable bonds is 8. The van der Waals surface area contributed by atoms with Gasteiger partial charge < -0.3 is 14.2 Å². The van der Waals surface area contributed by atoms with E-state index >= 15 is 0 Å². The number of thiazole rings is 1. The summed E-state index contributed by atoms with van der Waals surface area (Å²) in [6, 6.07) is 17.7. The van der Waals surface area contributed by atoms with E-state index in [-0.39, 0.29) is 18.3 Å². The van der Waals surface area contributed by atoms with Crippen LogP contribution in [-0.4, -0.2) is 69.4 Å². The van der Waals surface area contributed by atoms with Crippen molar-refractivity contribution in [1.82, 2.24) is 9.88 Å². The molecule has 4 aromatic rings. The molecule has 9 heteroatoms. The number of morpholine rings is 1. The number of nitrogens with zero attached hydrogens (tertiary/aromatic N) is 3. The molecule has 1 amide bonds. The van der Waals surface area contributed by atoms with Gasteiger partial charge in [-0.05, 0) is 41.5 Å². The van der Waals surface area contributed by atoms with Crippen molar-refractivity contribution in [2.45, 2.75) is 6.42 Å². The number of hydrogen-bond acceptors (Lipinski definition) is 7. The molecule has 1 aromatic heterocycles. The Bertz CT molecular complexity index is 1340. The Hall–Kier alpha value is -2.91. The fourth-order valence-corrected chi connectivity index (χ4v) is 5.37.